The van der Waals surface area contributed by atoms with Gasteiger partial charge in [-0.3, -0.25) is 9.59 Å². The van der Waals surface area contributed by atoms with E-state index in [2.05, 4.69) is 25.6 Å². The van der Waals surface area contributed by atoms with Gasteiger partial charge in [-0.05, 0) is 80.0 Å². The summed E-state index contributed by atoms with van der Waals surface area (Å²) >= 11 is 0. The number of H-pyrrole nitrogens is 2. The maximum atomic E-state index is 16.9. The zero-order valence-electron chi connectivity index (χ0n) is 39.1. The van der Waals surface area contributed by atoms with E-state index in [-0.39, 0.29) is 35.7 Å². The number of aromatic nitrogens is 5. The van der Waals surface area contributed by atoms with E-state index in [1.54, 1.807) is 35.4 Å². The number of halogens is 1. The van der Waals surface area contributed by atoms with Gasteiger partial charge in [0.15, 0.2) is 0 Å². The van der Waals surface area contributed by atoms with Crippen molar-refractivity contribution in [2.24, 2.45) is 11.8 Å². The average molecular weight is 930 g/mol. The number of methoxy groups -OCH3 is 3. The fraction of sp³-hybridized carbons (Fsp3) is 0.400. The molecule has 356 valence electrons. The topological polar surface area (TPSA) is 198 Å². The van der Waals surface area contributed by atoms with E-state index in [0.717, 1.165) is 40.6 Å². The summed E-state index contributed by atoms with van der Waals surface area (Å²) in [6.45, 7) is 8.52. The number of fused-ring (bicyclic) bond motifs is 5. The Bertz CT molecular complexity index is 2890. The number of ether oxygens (including phenoxy) is 4. The predicted molar refractivity (Wildman–Crippen MR) is 250 cm³/mol. The number of carbonyl (C=O) groups is 4. The highest BCUT2D eigenvalue weighted by Crippen LogP contribution is 2.48. The van der Waals surface area contributed by atoms with Gasteiger partial charge in [-0.2, -0.15) is 0 Å². The van der Waals surface area contributed by atoms with Crippen LogP contribution in [0.25, 0.3) is 44.7 Å². The van der Waals surface area contributed by atoms with E-state index >= 15 is 4.39 Å². The fourth-order valence-corrected chi connectivity index (χ4v) is 9.80. The Morgan fingerprint density at radius 1 is 0.750 bits per heavy atom. The number of imidazole rings is 2. The van der Waals surface area contributed by atoms with Crippen molar-refractivity contribution < 1.29 is 42.5 Å². The van der Waals surface area contributed by atoms with Gasteiger partial charge in [-0.1, -0.05) is 45.9 Å². The molecule has 2 fully saturated rings. The Morgan fingerprint density at radius 2 is 1.34 bits per heavy atom. The summed E-state index contributed by atoms with van der Waals surface area (Å²) in [5, 5.41) is 6.21. The van der Waals surface area contributed by atoms with Crippen LogP contribution in [0.4, 0.5) is 14.0 Å². The van der Waals surface area contributed by atoms with Crippen molar-refractivity contribution >= 4 is 34.9 Å². The molecular weight excluding hydrogens is 874 g/mol. The highest BCUT2D eigenvalue weighted by Gasteiger charge is 2.40. The minimum absolute atomic E-state index is 0.160. The van der Waals surface area contributed by atoms with E-state index in [1.165, 1.54) is 20.3 Å². The normalized spacial score (nSPS) is 18.5. The van der Waals surface area contributed by atoms with Gasteiger partial charge < -0.3 is 53.9 Å². The second kappa shape index (κ2) is 18.7. The van der Waals surface area contributed by atoms with Crippen LogP contribution >= 0.6 is 0 Å². The molecule has 9 rings (SSSR count). The third-order valence-corrected chi connectivity index (χ3v) is 13.3. The van der Waals surface area contributed by atoms with Gasteiger partial charge in [0.2, 0.25) is 18.0 Å². The zero-order chi connectivity index (χ0) is 48.0. The summed E-state index contributed by atoms with van der Waals surface area (Å²) in [5.74, 6) is 0.919. The quantitative estimate of drug-likeness (QED) is 0.0927. The third-order valence-electron chi connectivity index (χ3n) is 13.3. The van der Waals surface area contributed by atoms with E-state index < -0.39 is 36.3 Å². The summed E-state index contributed by atoms with van der Waals surface area (Å²) in [6, 6.07) is 16.6. The van der Waals surface area contributed by atoms with Crippen LogP contribution in [0.2, 0.25) is 0 Å². The molecule has 0 aliphatic carbocycles. The molecule has 68 heavy (non-hydrogen) atoms. The van der Waals surface area contributed by atoms with Crippen molar-refractivity contribution in [3.8, 4) is 45.3 Å². The molecule has 4 N–H and O–H groups in total. The fourth-order valence-electron chi connectivity index (χ4n) is 9.80. The standard InChI is InChI=1S/C50H56FN9O8/c1-26(2)42(56-49(63)66-6)46(61)58-17-9-13-37(58)44-52-24-34(54-44)28-15-16-36-31(19-28)22-39-41-33(51)21-30(23-40(41)68-48(60(36)39)29-11-8-12-32(20-29)65-5)35-25-53-45(55-35)38-14-10-18-59(38)47(62)43(27(3)4)57-50(64)67-7/h8,11-12,15-16,19-27,37-38,42-43,48H,9-10,13-14,17-18H2,1-7H3,(H,52,54)(H,53,55)(H,56,63)(H,57,64)/t37-,38-,42-,43-,48?/m0/s1. The lowest BCUT2D eigenvalue weighted by Crippen LogP contribution is -2.51. The highest BCUT2D eigenvalue weighted by atomic mass is 19.1. The van der Waals surface area contributed by atoms with Crippen LogP contribution in [0.3, 0.4) is 0 Å². The lowest BCUT2D eigenvalue weighted by Gasteiger charge is -2.31. The van der Waals surface area contributed by atoms with Crippen molar-refractivity contribution in [1.29, 1.82) is 0 Å². The highest BCUT2D eigenvalue weighted by molar-refractivity contribution is 5.93. The Labute approximate surface area is 392 Å². The Balaban J connectivity index is 1.04. The molecule has 0 bridgehead atoms. The van der Waals surface area contributed by atoms with Crippen LogP contribution < -0.4 is 20.1 Å². The number of hydrogen-bond acceptors (Lipinski definition) is 10. The van der Waals surface area contributed by atoms with Crippen LogP contribution in [0, 0.1) is 17.7 Å². The first-order valence-corrected chi connectivity index (χ1v) is 23.0. The molecule has 3 aromatic carbocycles. The number of likely N-dealkylation sites (tertiary alicyclic amines) is 2. The second-order valence-corrected chi connectivity index (χ2v) is 18.2. The summed E-state index contributed by atoms with van der Waals surface area (Å²) in [5.41, 5.74) is 5.16. The van der Waals surface area contributed by atoms with Crippen LogP contribution in [0.15, 0.2) is 73.1 Å². The number of alkyl carbamates (subject to hydrolysis) is 2. The zero-order valence-corrected chi connectivity index (χ0v) is 39.1. The first-order chi connectivity index (χ1) is 32.8. The monoisotopic (exact) mass is 929 g/mol. The molecule has 1 unspecified atom stereocenters. The number of amides is 4. The molecule has 4 amide bonds. The van der Waals surface area contributed by atoms with E-state index in [0.29, 0.717) is 71.6 Å². The number of hydrogen-bond donors (Lipinski definition) is 4. The molecule has 0 spiro atoms. The molecule has 3 aliphatic rings. The summed E-state index contributed by atoms with van der Waals surface area (Å²) < 4.78 is 40.9. The SMILES string of the molecule is COC(=O)N[C@H](C(=O)N1CCC[C@H]1c1ncc(-c2cc(F)c3c(c2)OC(c2cccc(OC)c2)n2c-3cc3cc(-c4cnc([C@@H]5CCCN5C(=O)[C@@H](NC(=O)OC)C(C)C)[nH]4)ccc32)[nH]1)C(C)C. The van der Waals surface area contributed by atoms with Gasteiger partial charge in [0.25, 0.3) is 0 Å². The van der Waals surface area contributed by atoms with Gasteiger partial charge in [0, 0.05) is 35.2 Å². The summed E-state index contributed by atoms with van der Waals surface area (Å²) in [4.78, 5) is 71.6. The number of nitrogens with one attached hydrogen (secondary N) is 4. The maximum Gasteiger partial charge on any atom is 0.407 e. The third kappa shape index (κ3) is 8.47. The van der Waals surface area contributed by atoms with Gasteiger partial charge in [0.1, 0.15) is 41.0 Å². The van der Waals surface area contributed by atoms with E-state index in [9.17, 15) is 19.2 Å². The molecule has 0 radical (unpaired) electrons. The van der Waals surface area contributed by atoms with Crippen molar-refractivity contribution in [3.05, 3.63) is 96.1 Å². The smallest absolute Gasteiger partial charge is 0.407 e. The van der Waals surface area contributed by atoms with Crippen LogP contribution in [-0.4, -0.2) is 105 Å². The molecule has 6 aromatic rings. The molecule has 3 aromatic heterocycles. The molecule has 18 heteroatoms. The molecule has 0 saturated carbocycles. The molecular formula is C50H56FN9O8. The van der Waals surface area contributed by atoms with Crippen molar-refractivity contribution in [1.82, 2.24) is 44.9 Å². The Hall–Kier alpha value is -7.37. The molecule has 2 saturated heterocycles. The Kier molecular flexibility index (Phi) is 12.6. The molecule has 17 nitrogen and oxygen atoms in total. The lowest BCUT2D eigenvalue weighted by atomic mass is 10.0. The van der Waals surface area contributed by atoms with Crippen molar-refractivity contribution in [2.45, 2.75) is 83.8 Å². The maximum absolute atomic E-state index is 16.9. The van der Waals surface area contributed by atoms with Gasteiger partial charge in [0.05, 0.1) is 74.0 Å². The second-order valence-electron chi connectivity index (χ2n) is 18.2. The van der Waals surface area contributed by atoms with E-state index in [4.69, 9.17) is 23.9 Å². The molecule has 5 atom stereocenters. The predicted octanol–water partition coefficient (Wildman–Crippen LogP) is 8.26. The number of rotatable bonds is 12. The largest absolute Gasteiger partial charge is 0.497 e. The van der Waals surface area contributed by atoms with Gasteiger partial charge in [-0.25, -0.2) is 23.9 Å². The number of benzene rings is 3. The van der Waals surface area contributed by atoms with Crippen LogP contribution in [0.5, 0.6) is 11.5 Å². The van der Waals surface area contributed by atoms with E-state index in [1.807, 2.05) is 80.8 Å². The number of nitrogens with zero attached hydrogens (tertiary/aromatic N) is 5. The average Bonchev–Trinajstić information content (AvgIpc) is 4.20. The molecule has 6 heterocycles. The summed E-state index contributed by atoms with van der Waals surface area (Å²) in [7, 11) is 4.14. The molecule has 3 aliphatic heterocycles. The number of aromatic amines is 2. The van der Waals surface area contributed by atoms with Crippen molar-refractivity contribution in [3.63, 3.8) is 0 Å². The minimum atomic E-state index is -0.781. The first kappa shape index (κ1) is 45.8. The Morgan fingerprint density at radius 3 is 1.90 bits per heavy atom. The van der Waals surface area contributed by atoms with Crippen LogP contribution in [0.1, 0.15) is 88.9 Å². The summed E-state index contributed by atoms with van der Waals surface area (Å²) in [6.07, 6.45) is 4.26. The first-order valence-electron chi connectivity index (χ1n) is 23.0. The number of carbonyl (C=O) groups excluding carboxylic acids is 4. The van der Waals surface area contributed by atoms with Gasteiger partial charge in [-0.15, -0.1) is 0 Å². The van der Waals surface area contributed by atoms with Gasteiger partial charge >= 0.3 is 12.2 Å². The minimum Gasteiger partial charge on any atom is -0.497 e. The van der Waals surface area contributed by atoms with Crippen molar-refractivity contribution in [2.75, 3.05) is 34.4 Å². The van der Waals surface area contributed by atoms with Crippen LogP contribution in [-0.2, 0) is 19.1 Å². The lowest BCUT2D eigenvalue weighted by molar-refractivity contribution is -0.136.